The molecule has 0 aliphatic rings. The van der Waals surface area contributed by atoms with Crippen molar-refractivity contribution < 1.29 is 31.3 Å². The lowest BCUT2D eigenvalue weighted by atomic mass is 10.3. The molecule has 0 aliphatic heterocycles. The van der Waals surface area contributed by atoms with E-state index in [9.17, 15) is 36.5 Å². The number of carbonyl (C=O) groups is 1. The summed E-state index contributed by atoms with van der Waals surface area (Å²) in [4.78, 5) is 22.2. The molecule has 1 rings (SSSR count). The third kappa shape index (κ3) is 4.84. The molecule has 0 radical (unpaired) electrons. The second kappa shape index (κ2) is 8.04. The zero-order valence-corrected chi connectivity index (χ0v) is 14.9. The van der Waals surface area contributed by atoms with Crippen LogP contribution in [0.1, 0.15) is 13.8 Å². The summed E-state index contributed by atoms with van der Waals surface area (Å²) >= 11 is 0.760. The van der Waals surface area contributed by atoms with Gasteiger partial charge in [0.15, 0.2) is 0 Å². The van der Waals surface area contributed by atoms with E-state index in [1.807, 2.05) is 0 Å². The summed E-state index contributed by atoms with van der Waals surface area (Å²) < 4.78 is 60.4. The molecular formula is C13H15F3N2O5S2. The molecule has 0 N–H and O–H groups in total. The van der Waals surface area contributed by atoms with E-state index in [0.29, 0.717) is 25.2 Å². The predicted octanol–water partition coefficient (Wildman–Crippen LogP) is 2.85. The molecule has 140 valence electrons. The first-order valence-corrected chi connectivity index (χ1v) is 9.42. The van der Waals surface area contributed by atoms with Gasteiger partial charge in [0.25, 0.3) is 15.5 Å². The first-order valence-electron chi connectivity index (χ1n) is 6.96. The van der Waals surface area contributed by atoms with Crippen LogP contribution in [-0.2, 0) is 14.6 Å². The van der Waals surface area contributed by atoms with Crippen molar-refractivity contribution in [2.75, 3.05) is 18.8 Å². The third-order valence-corrected chi connectivity index (χ3v) is 5.74. The molecule has 0 fully saturated rings. The second-order valence-corrected chi connectivity index (χ2v) is 7.65. The van der Waals surface area contributed by atoms with Gasteiger partial charge in [-0.25, -0.2) is 8.42 Å². The Kier molecular flexibility index (Phi) is 6.82. The van der Waals surface area contributed by atoms with Crippen molar-refractivity contribution >= 4 is 33.2 Å². The SMILES string of the molecule is CCN(CC)C(=O)CSc1ccc(S(=O)(=O)C(F)(F)F)cc1[N+](=O)[O-]. The zero-order chi connectivity index (χ0) is 19.4. The van der Waals surface area contributed by atoms with Crippen molar-refractivity contribution in [2.24, 2.45) is 0 Å². The van der Waals surface area contributed by atoms with Crippen LogP contribution in [0.2, 0.25) is 0 Å². The smallest absolute Gasteiger partial charge is 0.343 e. The Balaban J connectivity index is 3.16. The van der Waals surface area contributed by atoms with E-state index in [4.69, 9.17) is 0 Å². The maximum absolute atomic E-state index is 12.6. The normalized spacial score (nSPS) is 12.0. The monoisotopic (exact) mass is 400 g/mol. The number of nitro groups is 1. The molecule has 0 atom stereocenters. The molecule has 1 aromatic carbocycles. The Morgan fingerprint density at radius 3 is 2.28 bits per heavy atom. The molecule has 0 saturated carbocycles. The zero-order valence-electron chi connectivity index (χ0n) is 13.2. The number of rotatable bonds is 7. The molecule has 12 heteroatoms. The standard InChI is InChI=1S/C13H15F3N2O5S2/c1-3-17(4-2)12(19)8-24-11-6-5-9(7-10(11)18(20)21)25(22,23)13(14,15)16/h5-7H,3-4,8H2,1-2H3. The van der Waals surface area contributed by atoms with Gasteiger partial charge in [0.1, 0.15) is 0 Å². The van der Waals surface area contributed by atoms with E-state index in [2.05, 4.69) is 0 Å². The lowest BCUT2D eigenvalue weighted by Gasteiger charge is -2.18. The predicted molar refractivity (Wildman–Crippen MR) is 85.0 cm³/mol. The van der Waals surface area contributed by atoms with Gasteiger partial charge in [-0.3, -0.25) is 14.9 Å². The van der Waals surface area contributed by atoms with E-state index in [-0.39, 0.29) is 16.6 Å². The molecule has 0 unspecified atom stereocenters. The second-order valence-electron chi connectivity index (χ2n) is 4.69. The van der Waals surface area contributed by atoms with Crippen LogP contribution in [0.15, 0.2) is 28.0 Å². The molecule has 1 aromatic rings. The largest absolute Gasteiger partial charge is 0.501 e. The summed E-state index contributed by atoms with van der Waals surface area (Å²) in [5, 5.41) is 11.1. The molecule has 0 spiro atoms. The van der Waals surface area contributed by atoms with Crippen LogP contribution in [-0.4, -0.2) is 48.5 Å². The fraction of sp³-hybridized carbons (Fsp3) is 0.462. The van der Waals surface area contributed by atoms with Crippen molar-refractivity contribution in [3.8, 4) is 0 Å². The van der Waals surface area contributed by atoms with Crippen LogP contribution < -0.4 is 0 Å². The maximum Gasteiger partial charge on any atom is 0.501 e. The fourth-order valence-electron chi connectivity index (χ4n) is 1.87. The number of amides is 1. The summed E-state index contributed by atoms with van der Waals surface area (Å²) in [6, 6.07) is 1.89. The summed E-state index contributed by atoms with van der Waals surface area (Å²) in [6.07, 6.45) is 0. The Morgan fingerprint density at radius 2 is 1.84 bits per heavy atom. The number of carbonyl (C=O) groups excluding carboxylic acids is 1. The minimum Gasteiger partial charge on any atom is -0.343 e. The number of alkyl halides is 3. The highest BCUT2D eigenvalue weighted by Crippen LogP contribution is 2.36. The summed E-state index contributed by atoms with van der Waals surface area (Å²) in [5.74, 6) is -0.454. The minimum absolute atomic E-state index is 0.0911. The highest BCUT2D eigenvalue weighted by molar-refractivity contribution is 8.00. The van der Waals surface area contributed by atoms with Gasteiger partial charge in [0.05, 0.1) is 20.5 Å². The number of halogens is 3. The number of nitrogens with zero attached hydrogens (tertiary/aromatic N) is 2. The third-order valence-electron chi connectivity index (χ3n) is 3.21. The molecule has 0 aliphatic carbocycles. The number of nitro benzene ring substituents is 1. The Labute approximate surface area is 146 Å². The number of benzene rings is 1. The van der Waals surface area contributed by atoms with Gasteiger partial charge in [-0.15, -0.1) is 11.8 Å². The van der Waals surface area contributed by atoms with Gasteiger partial charge in [0.2, 0.25) is 5.91 Å². The van der Waals surface area contributed by atoms with E-state index in [0.717, 1.165) is 17.8 Å². The average molecular weight is 400 g/mol. The van der Waals surface area contributed by atoms with Gasteiger partial charge in [-0.1, -0.05) is 0 Å². The van der Waals surface area contributed by atoms with Crippen LogP contribution in [0.25, 0.3) is 0 Å². The molecule has 7 nitrogen and oxygen atoms in total. The van der Waals surface area contributed by atoms with Gasteiger partial charge in [-0.2, -0.15) is 13.2 Å². The molecule has 0 heterocycles. The van der Waals surface area contributed by atoms with Crippen molar-refractivity contribution in [1.82, 2.24) is 4.90 Å². The van der Waals surface area contributed by atoms with Crippen molar-refractivity contribution in [2.45, 2.75) is 29.1 Å². The van der Waals surface area contributed by atoms with Crippen LogP contribution in [0.5, 0.6) is 0 Å². The Hall–Kier alpha value is -1.82. The first kappa shape index (κ1) is 21.2. The summed E-state index contributed by atoms with van der Waals surface area (Å²) in [5.41, 5.74) is -6.36. The van der Waals surface area contributed by atoms with Crippen LogP contribution in [0.4, 0.5) is 18.9 Å². The van der Waals surface area contributed by atoms with E-state index < -0.39 is 30.9 Å². The van der Waals surface area contributed by atoms with E-state index in [1.165, 1.54) is 4.90 Å². The molecule has 0 bridgehead atoms. The van der Waals surface area contributed by atoms with E-state index >= 15 is 0 Å². The van der Waals surface area contributed by atoms with Gasteiger partial charge in [-0.05, 0) is 26.0 Å². The highest BCUT2D eigenvalue weighted by atomic mass is 32.2. The van der Waals surface area contributed by atoms with Crippen molar-refractivity contribution in [3.05, 3.63) is 28.3 Å². The summed E-state index contributed by atoms with van der Waals surface area (Å²) in [7, 11) is -5.69. The number of hydrogen-bond acceptors (Lipinski definition) is 6. The average Bonchev–Trinajstić information content (AvgIpc) is 2.52. The molecule has 0 saturated heterocycles. The molecule has 1 amide bonds. The lowest BCUT2D eigenvalue weighted by molar-refractivity contribution is -0.388. The Bertz CT molecular complexity index is 761. The number of sulfone groups is 1. The maximum atomic E-state index is 12.6. The van der Waals surface area contributed by atoms with E-state index in [1.54, 1.807) is 13.8 Å². The van der Waals surface area contributed by atoms with Gasteiger partial charge >= 0.3 is 5.51 Å². The molecular weight excluding hydrogens is 385 g/mol. The van der Waals surface area contributed by atoms with Crippen molar-refractivity contribution in [3.63, 3.8) is 0 Å². The van der Waals surface area contributed by atoms with Gasteiger partial charge in [0, 0.05) is 19.2 Å². The van der Waals surface area contributed by atoms with Crippen LogP contribution in [0.3, 0.4) is 0 Å². The van der Waals surface area contributed by atoms with Gasteiger partial charge < -0.3 is 4.90 Å². The topological polar surface area (TPSA) is 97.6 Å². The quantitative estimate of drug-likeness (QED) is 0.397. The van der Waals surface area contributed by atoms with Crippen LogP contribution in [0, 0.1) is 10.1 Å². The Morgan fingerprint density at radius 1 is 1.28 bits per heavy atom. The number of thioether (sulfide) groups is 1. The lowest BCUT2D eigenvalue weighted by Crippen LogP contribution is -2.31. The molecule has 0 aromatic heterocycles. The first-order chi connectivity index (χ1) is 11.5. The number of hydrogen-bond donors (Lipinski definition) is 0. The summed E-state index contributed by atoms with van der Waals surface area (Å²) in [6.45, 7) is 4.40. The minimum atomic E-state index is -5.69. The highest BCUT2D eigenvalue weighted by Gasteiger charge is 2.47. The van der Waals surface area contributed by atoms with Crippen LogP contribution >= 0.6 is 11.8 Å². The molecule has 25 heavy (non-hydrogen) atoms. The van der Waals surface area contributed by atoms with Crippen molar-refractivity contribution in [1.29, 1.82) is 0 Å². The fourth-order valence-corrected chi connectivity index (χ4v) is 3.56.